The molecule has 0 aliphatic heterocycles. The van der Waals surface area contributed by atoms with Crippen molar-refractivity contribution >= 4 is 13.4 Å². The van der Waals surface area contributed by atoms with Gasteiger partial charge in [-0.3, -0.25) is 9.36 Å². The topological polar surface area (TPSA) is 63.6 Å². The van der Waals surface area contributed by atoms with E-state index in [1.54, 1.807) is 0 Å². The minimum atomic E-state index is -3.32. The van der Waals surface area contributed by atoms with Crippen molar-refractivity contribution in [2.45, 2.75) is 174 Å². The smallest absolute Gasteiger partial charge is 0.324 e. The van der Waals surface area contributed by atoms with Gasteiger partial charge in [0.2, 0.25) is 0 Å². The van der Waals surface area contributed by atoms with Gasteiger partial charge in [-0.15, -0.1) is 0 Å². The third-order valence-electron chi connectivity index (χ3n) is 6.99. The molecule has 4 nitrogen and oxygen atoms in total. The van der Waals surface area contributed by atoms with Crippen LogP contribution in [0.25, 0.3) is 0 Å². The molecule has 1 N–H and O–H groups in total. The Morgan fingerprint density at radius 2 is 0.829 bits per heavy atom. The van der Waals surface area contributed by atoms with Gasteiger partial charge in [0.25, 0.3) is 0 Å². The Labute approximate surface area is 219 Å². The van der Waals surface area contributed by atoms with E-state index in [9.17, 15) is 9.36 Å². The lowest BCUT2D eigenvalue weighted by Gasteiger charge is -2.06. The number of Topliss-reactive ketones (excluding diaryl/α,β-unsaturated/α-hetero) is 1. The Kier molecular flexibility index (Phi) is 26.7. The molecule has 0 aliphatic carbocycles. The maximum atomic E-state index is 12.0. The van der Waals surface area contributed by atoms with Gasteiger partial charge in [0.1, 0.15) is 5.78 Å². The molecule has 0 aromatic carbocycles. The molecule has 0 rings (SSSR count). The third-order valence-corrected chi connectivity index (χ3v) is 7.65. The average molecular weight is 517 g/mol. The summed E-state index contributed by atoms with van der Waals surface area (Å²) in [5.74, 6) is 0.424. The molecule has 5 heteroatoms. The summed E-state index contributed by atoms with van der Waals surface area (Å²) in [5.41, 5.74) is 0. The highest BCUT2D eigenvalue weighted by Gasteiger charge is 2.08. The molecule has 0 heterocycles. The first kappa shape index (κ1) is 34.8. The maximum absolute atomic E-state index is 12.0. The predicted molar refractivity (Wildman–Crippen MR) is 152 cm³/mol. The summed E-state index contributed by atoms with van der Waals surface area (Å²) in [6, 6.07) is 0. The molecule has 0 aliphatic rings. The van der Waals surface area contributed by atoms with E-state index in [-0.39, 0.29) is 0 Å². The van der Waals surface area contributed by atoms with Crippen molar-refractivity contribution in [1.29, 1.82) is 0 Å². The van der Waals surface area contributed by atoms with E-state index in [4.69, 9.17) is 9.42 Å². The van der Waals surface area contributed by atoms with Crippen LogP contribution in [-0.2, 0) is 13.9 Å². The highest BCUT2D eigenvalue weighted by Crippen LogP contribution is 2.36. The average Bonchev–Trinajstić information content (AvgIpc) is 2.81. The summed E-state index contributed by atoms with van der Waals surface area (Å²) in [4.78, 5) is 21.0. The molecule has 1 atom stereocenters. The number of carbonyl (C=O) groups is 1. The molecular formula is C30H61O4P. The Morgan fingerprint density at radius 3 is 1.14 bits per heavy atom. The highest BCUT2D eigenvalue weighted by molar-refractivity contribution is 7.51. The van der Waals surface area contributed by atoms with Crippen molar-refractivity contribution < 1.29 is 18.8 Å². The van der Waals surface area contributed by atoms with Gasteiger partial charge in [0, 0.05) is 19.5 Å². The van der Waals surface area contributed by atoms with Crippen molar-refractivity contribution in [3.8, 4) is 0 Å². The molecule has 210 valence electrons. The van der Waals surface area contributed by atoms with Gasteiger partial charge in [-0.25, -0.2) is 0 Å². The zero-order valence-electron chi connectivity index (χ0n) is 23.7. The van der Waals surface area contributed by atoms with Gasteiger partial charge in [-0.2, -0.15) is 0 Å². The highest BCUT2D eigenvalue weighted by atomic mass is 31.2. The van der Waals surface area contributed by atoms with Gasteiger partial charge in [0.05, 0.1) is 6.61 Å². The van der Waals surface area contributed by atoms with Crippen molar-refractivity contribution in [2.75, 3.05) is 13.3 Å². The monoisotopic (exact) mass is 516 g/mol. The molecule has 0 radical (unpaired) electrons. The van der Waals surface area contributed by atoms with E-state index in [2.05, 4.69) is 6.92 Å². The van der Waals surface area contributed by atoms with E-state index in [1.165, 1.54) is 122 Å². The van der Waals surface area contributed by atoms with Crippen LogP contribution in [0, 0.1) is 0 Å². The van der Waals surface area contributed by atoms with Crippen LogP contribution < -0.4 is 0 Å². The number of hydrogen-bond acceptors (Lipinski definition) is 3. The van der Waals surface area contributed by atoms with Gasteiger partial charge >= 0.3 is 7.60 Å². The summed E-state index contributed by atoms with van der Waals surface area (Å²) in [5, 5.41) is 0. The molecule has 0 saturated heterocycles. The van der Waals surface area contributed by atoms with E-state index in [1.807, 2.05) is 0 Å². The Morgan fingerprint density at radius 1 is 0.543 bits per heavy atom. The summed E-state index contributed by atoms with van der Waals surface area (Å²) in [6.45, 7) is 3.86. The second kappa shape index (κ2) is 26.9. The molecule has 0 saturated carbocycles. The van der Waals surface area contributed by atoms with E-state index in [0.29, 0.717) is 12.4 Å². The van der Waals surface area contributed by atoms with Crippen molar-refractivity contribution in [1.82, 2.24) is 0 Å². The predicted octanol–water partition coefficient (Wildman–Crippen LogP) is 10.5. The van der Waals surface area contributed by atoms with E-state index in [0.717, 1.165) is 51.4 Å². The quantitative estimate of drug-likeness (QED) is 0.0793. The van der Waals surface area contributed by atoms with Crippen molar-refractivity contribution in [3.05, 3.63) is 0 Å². The Balaban J connectivity index is 3.17. The fourth-order valence-electron chi connectivity index (χ4n) is 4.71. The lowest BCUT2D eigenvalue weighted by molar-refractivity contribution is -0.119. The fourth-order valence-corrected chi connectivity index (χ4v) is 5.18. The molecule has 1 unspecified atom stereocenters. The minimum Gasteiger partial charge on any atom is -0.324 e. The van der Waals surface area contributed by atoms with Crippen LogP contribution in [0.1, 0.15) is 174 Å². The zero-order chi connectivity index (χ0) is 25.9. The van der Waals surface area contributed by atoms with Crippen molar-refractivity contribution in [2.24, 2.45) is 0 Å². The van der Waals surface area contributed by atoms with E-state index >= 15 is 0 Å². The van der Waals surface area contributed by atoms with Gasteiger partial charge in [-0.05, 0) is 19.3 Å². The maximum Gasteiger partial charge on any atom is 0.325 e. The molecule has 0 fully saturated rings. The largest absolute Gasteiger partial charge is 0.325 e. The first-order valence-corrected chi connectivity index (χ1v) is 17.4. The summed E-state index contributed by atoms with van der Waals surface area (Å²) in [7, 11) is -3.32. The molecule has 0 aromatic rings. The SMILES string of the molecule is CCCCCCCCCCCCCCCCCCCCCC(=O)CCCCCCCOP(C)(=O)O. The van der Waals surface area contributed by atoms with Gasteiger partial charge in [-0.1, -0.05) is 142 Å². The van der Waals surface area contributed by atoms with Gasteiger partial charge < -0.3 is 9.42 Å². The number of rotatable bonds is 29. The molecule has 0 spiro atoms. The minimum absolute atomic E-state index is 0.350. The van der Waals surface area contributed by atoms with Crippen LogP contribution >= 0.6 is 7.60 Å². The lowest BCUT2D eigenvalue weighted by atomic mass is 10.0. The standard InChI is InChI=1S/C30H61O4P/c1-3-4-5-6-7-8-9-10-11-12-13-14-15-16-17-18-19-21-24-27-30(31)28-25-22-20-23-26-29-34-35(2,32)33/h3-29H2,1-2H3,(H,32,33). The molecule has 35 heavy (non-hydrogen) atoms. The van der Waals surface area contributed by atoms with Crippen LogP contribution in [-0.4, -0.2) is 23.9 Å². The van der Waals surface area contributed by atoms with Crippen LogP contribution in [0.15, 0.2) is 0 Å². The van der Waals surface area contributed by atoms with Crippen molar-refractivity contribution in [3.63, 3.8) is 0 Å². The number of ketones is 1. The molecule has 0 bridgehead atoms. The van der Waals surface area contributed by atoms with Crippen LogP contribution in [0.3, 0.4) is 0 Å². The van der Waals surface area contributed by atoms with Crippen LogP contribution in [0.4, 0.5) is 0 Å². The van der Waals surface area contributed by atoms with E-state index < -0.39 is 7.60 Å². The number of hydrogen-bond donors (Lipinski definition) is 1. The van der Waals surface area contributed by atoms with Crippen LogP contribution in [0.2, 0.25) is 0 Å². The number of carbonyl (C=O) groups excluding carboxylic acids is 1. The van der Waals surface area contributed by atoms with Gasteiger partial charge in [0.15, 0.2) is 0 Å². The lowest BCUT2D eigenvalue weighted by Crippen LogP contribution is -1.98. The second-order valence-electron chi connectivity index (χ2n) is 10.8. The normalized spacial score (nSPS) is 13.2. The molecule has 0 aromatic heterocycles. The Hall–Kier alpha value is -0.180. The molecular weight excluding hydrogens is 455 g/mol. The third kappa shape index (κ3) is 31.8. The zero-order valence-corrected chi connectivity index (χ0v) is 24.6. The summed E-state index contributed by atoms with van der Waals surface area (Å²) >= 11 is 0. The molecule has 0 amide bonds. The Bertz CT molecular complexity index is 489. The summed E-state index contributed by atoms with van der Waals surface area (Å²) in [6.07, 6.45) is 32.6. The fraction of sp³-hybridized carbons (Fsp3) is 0.967. The summed E-state index contributed by atoms with van der Waals surface area (Å²) < 4.78 is 15.9. The second-order valence-corrected chi connectivity index (χ2v) is 12.7. The van der Waals surface area contributed by atoms with Crippen LogP contribution in [0.5, 0.6) is 0 Å². The number of unbranched alkanes of at least 4 members (excludes halogenated alkanes) is 22. The first-order chi connectivity index (χ1) is 17.0. The first-order valence-electron chi connectivity index (χ1n) is 15.4.